The molecule has 1 aromatic carbocycles. The molecule has 2 aromatic rings. The summed E-state index contributed by atoms with van der Waals surface area (Å²) in [5, 5.41) is 6.95. The summed E-state index contributed by atoms with van der Waals surface area (Å²) in [6.07, 6.45) is 0. The first-order valence-electron chi connectivity index (χ1n) is 5.09. The van der Waals surface area contributed by atoms with Crippen LogP contribution in [0.5, 0.6) is 0 Å². The van der Waals surface area contributed by atoms with Crippen LogP contribution in [0.25, 0.3) is 0 Å². The minimum absolute atomic E-state index is 0.127. The molecule has 1 heterocycles. The molecule has 1 N–H and O–H groups in total. The Morgan fingerprint density at radius 3 is 2.88 bits per heavy atom. The van der Waals surface area contributed by atoms with Crippen molar-refractivity contribution in [3.05, 3.63) is 46.3 Å². The van der Waals surface area contributed by atoms with Gasteiger partial charge in [0.1, 0.15) is 5.82 Å². The molecule has 0 saturated heterocycles. The third-order valence-electron chi connectivity index (χ3n) is 2.17. The summed E-state index contributed by atoms with van der Waals surface area (Å²) in [6, 6.07) is 4.70. The van der Waals surface area contributed by atoms with Crippen LogP contribution in [0.15, 0.2) is 22.7 Å². The molecule has 0 unspecified atom stereocenters. The number of hydrogen-bond donors (Lipinski definition) is 1. The van der Waals surface area contributed by atoms with Crippen molar-refractivity contribution in [2.24, 2.45) is 0 Å². The minimum Gasteiger partial charge on any atom is -0.340 e. The number of nitrogens with zero attached hydrogens (tertiary/aromatic N) is 2. The number of nitrogens with one attached hydrogen (secondary N) is 1. The highest BCUT2D eigenvalue weighted by Crippen LogP contribution is 2.15. The summed E-state index contributed by atoms with van der Waals surface area (Å²) in [5.74, 6) is 0.692. The zero-order valence-corrected chi connectivity index (χ0v) is 9.96. The molecule has 0 aliphatic heterocycles. The summed E-state index contributed by atoms with van der Waals surface area (Å²) in [4.78, 5) is 4.04. The maximum atomic E-state index is 13.1. The van der Waals surface area contributed by atoms with Crippen molar-refractivity contribution in [3.8, 4) is 0 Å². The topological polar surface area (TPSA) is 51.0 Å². The van der Waals surface area contributed by atoms with Gasteiger partial charge >= 0.3 is 0 Å². The van der Waals surface area contributed by atoms with Crippen molar-refractivity contribution in [2.45, 2.75) is 20.0 Å². The zero-order valence-electron chi connectivity index (χ0n) is 9.20. The van der Waals surface area contributed by atoms with Crippen molar-refractivity contribution in [3.63, 3.8) is 0 Å². The number of rotatable bonds is 4. The first kappa shape index (κ1) is 12.0. The van der Waals surface area contributed by atoms with Crippen LogP contribution in [0.3, 0.4) is 0 Å². The standard InChI is InChI=1S/C11H11ClFN3O/c1-7-15-11(16-17-7)6-14-5-8-2-3-9(12)10(13)4-8/h2-4,14H,5-6H2,1H3. The summed E-state index contributed by atoms with van der Waals surface area (Å²) < 4.78 is 18.0. The van der Waals surface area contributed by atoms with Crippen LogP contribution in [0.1, 0.15) is 17.3 Å². The Morgan fingerprint density at radius 2 is 2.24 bits per heavy atom. The van der Waals surface area contributed by atoms with E-state index in [1.807, 2.05) is 0 Å². The highest BCUT2D eigenvalue weighted by atomic mass is 35.5. The fourth-order valence-corrected chi connectivity index (χ4v) is 1.50. The Morgan fingerprint density at radius 1 is 1.41 bits per heavy atom. The van der Waals surface area contributed by atoms with Gasteiger partial charge in [0.15, 0.2) is 5.82 Å². The Bertz CT molecular complexity index is 515. The van der Waals surface area contributed by atoms with E-state index in [1.54, 1.807) is 13.0 Å². The number of aryl methyl sites for hydroxylation is 1. The molecule has 1 aromatic heterocycles. The molecular weight excluding hydrogens is 245 g/mol. The van der Waals surface area contributed by atoms with Gasteiger partial charge in [0.25, 0.3) is 0 Å². The molecule has 0 fully saturated rings. The fourth-order valence-electron chi connectivity index (χ4n) is 1.38. The lowest BCUT2D eigenvalue weighted by Crippen LogP contribution is -2.13. The fraction of sp³-hybridized carbons (Fsp3) is 0.273. The Hall–Kier alpha value is -1.46. The normalized spacial score (nSPS) is 10.8. The lowest BCUT2D eigenvalue weighted by Gasteiger charge is -2.03. The van der Waals surface area contributed by atoms with E-state index in [4.69, 9.17) is 16.1 Å². The van der Waals surface area contributed by atoms with Gasteiger partial charge in [0, 0.05) is 13.5 Å². The number of aromatic nitrogens is 2. The monoisotopic (exact) mass is 255 g/mol. The summed E-state index contributed by atoms with van der Waals surface area (Å²) in [5.41, 5.74) is 0.812. The third kappa shape index (κ3) is 3.25. The van der Waals surface area contributed by atoms with Gasteiger partial charge in [-0.1, -0.05) is 22.8 Å². The van der Waals surface area contributed by atoms with Crippen molar-refractivity contribution >= 4 is 11.6 Å². The van der Waals surface area contributed by atoms with Crippen LogP contribution < -0.4 is 5.32 Å². The minimum atomic E-state index is -0.415. The molecule has 6 heteroatoms. The van der Waals surface area contributed by atoms with Gasteiger partial charge < -0.3 is 9.84 Å². The highest BCUT2D eigenvalue weighted by Gasteiger charge is 2.03. The molecule has 0 aliphatic rings. The molecule has 0 radical (unpaired) electrons. The number of benzene rings is 1. The average molecular weight is 256 g/mol. The van der Waals surface area contributed by atoms with Crippen molar-refractivity contribution in [1.82, 2.24) is 15.5 Å². The second kappa shape index (κ2) is 5.25. The maximum Gasteiger partial charge on any atom is 0.223 e. The van der Waals surface area contributed by atoms with E-state index in [-0.39, 0.29) is 5.02 Å². The smallest absolute Gasteiger partial charge is 0.223 e. The first-order chi connectivity index (χ1) is 8.15. The second-order valence-electron chi connectivity index (χ2n) is 3.58. The molecular formula is C11H11ClFN3O. The summed E-state index contributed by atoms with van der Waals surface area (Å²) >= 11 is 5.59. The lowest BCUT2D eigenvalue weighted by atomic mass is 10.2. The second-order valence-corrected chi connectivity index (χ2v) is 3.99. The quantitative estimate of drug-likeness (QED) is 0.912. The molecule has 4 nitrogen and oxygen atoms in total. The summed E-state index contributed by atoms with van der Waals surface area (Å²) in [6.45, 7) is 2.72. The van der Waals surface area contributed by atoms with Crippen LogP contribution in [-0.2, 0) is 13.1 Å². The Balaban J connectivity index is 1.87. The van der Waals surface area contributed by atoms with Gasteiger partial charge in [0.2, 0.25) is 5.89 Å². The zero-order chi connectivity index (χ0) is 12.3. The van der Waals surface area contributed by atoms with E-state index in [2.05, 4.69) is 15.5 Å². The molecule has 0 saturated carbocycles. The molecule has 0 atom stereocenters. The van der Waals surface area contributed by atoms with Gasteiger partial charge in [-0.05, 0) is 17.7 Å². The number of halogens is 2. The Kier molecular flexibility index (Phi) is 3.71. The molecule has 90 valence electrons. The Labute approximate surface area is 103 Å². The van der Waals surface area contributed by atoms with Crippen LogP contribution in [0.4, 0.5) is 4.39 Å². The predicted molar refractivity (Wildman–Crippen MR) is 61.0 cm³/mol. The third-order valence-corrected chi connectivity index (χ3v) is 2.47. The molecule has 17 heavy (non-hydrogen) atoms. The SMILES string of the molecule is Cc1nc(CNCc2ccc(Cl)c(F)c2)no1. The van der Waals surface area contributed by atoms with Crippen molar-refractivity contribution in [2.75, 3.05) is 0 Å². The van der Waals surface area contributed by atoms with Crippen LogP contribution in [0.2, 0.25) is 5.02 Å². The molecule has 0 bridgehead atoms. The number of hydrogen-bond acceptors (Lipinski definition) is 4. The molecule has 0 spiro atoms. The van der Waals surface area contributed by atoms with E-state index in [9.17, 15) is 4.39 Å². The summed E-state index contributed by atoms with van der Waals surface area (Å²) in [7, 11) is 0. The maximum absolute atomic E-state index is 13.1. The largest absolute Gasteiger partial charge is 0.340 e. The van der Waals surface area contributed by atoms with E-state index >= 15 is 0 Å². The molecule has 2 rings (SSSR count). The van der Waals surface area contributed by atoms with Gasteiger partial charge in [-0.25, -0.2) is 4.39 Å². The van der Waals surface area contributed by atoms with E-state index in [0.717, 1.165) is 5.56 Å². The van der Waals surface area contributed by atoms with E-state index in [1.165, 1.54) is 12.1 Å². The van der Waals surface area contributed by atoms with Crippen LogP contribution >= 0.6 is 11.6 Å². The van der Waals surface area contributed by atoms with Crippen molar-refractivity contribution in [1.29, 1.82) is 0 Å². The van der Waals surface area contributed by atoms with Gasteiger partial charge in [0.05, 0.1) is 11.6 Å². The van der Waals surface area contributed by atoms with Crippen molar-refractivity contribution < 1.29 is 8.91 Å². The van der Waals surface area contributed by atoms with E-state index in [0.29, 0.717) is 24.8 Å². The predicted octanol–water partition coefficient (Wildman–Crippen LogP) is 2.46. The molecule has 0 aliphatic carbocycles. The van der Waals surface area contributed by atoms with Crippen LogP contribution in [0, 0.1) is 12.7 Å². The van der Waals surface area contributed by atoms with E-state index < -0.39 is 5.82 Å². The van der Waals surface area contributed by atoms with Gasteiger partial charge in [-0.2, -0.15) is 4.98 Å². The first-order valence-corrected chi connectivity index (χ1v) is 5.47. The molecule has 0 amide bonds. The van der Waals surface area contributed by atoms with Gasteiger partial charge in [-0.3, -0.25) is 0 Å². The average Bonchev–Trinajstić information content (AvgIpc) is 2.70. The van der Waals surface area contributed by atoms with Gasteiger partial charge in [-0.15, -0.1) is 0 Å². The van der Waals surface area contributed by atoms with Crippen LogP contribution in [-0.4, -0.2) is 10.1 Å². The highest BCUT2D eigenvalue weighted by molar-refractivity contribution is 6.30. The lowest BCUT2D eigenvalue weighted by molar-refractivity contribution is 0.385.